The van der Waals surface area contributed by atoms with E-state index in [1.54, 1.807) is 0 Å². The maximum absolute atomic E-state index is 5.39. The maximum Gasteiger partial charge on any atom is 0.0594 e. The molecule has 0 atom stereocenters. The van der Waals surface area contributed by atoms with Crippen LogP contribution >= 0.6 is 0 Å². The van der Waals surface area contributed by atoms with Crippen LogP contribution in [0.2, 0.25) is 0 Å². The van der Waals surface area contributed by atoms with Crippen LogP contribution in [0.1, 0.15) is 104 Å². The molecule has 24 heavy (non-hydrogen) atoms. The van der Waals surface area contributed by atoms with Crippen LogP contribution in [0.15, 0.2) is 0 Å². The van der Waals surface area contributed by atoms with Crippen LogP contribution in [0.4, 0.5) is 0 Å². The van der Waals surface area contributed by atoms with Crippen molar-refractivity contribution in [3.63, 3.8) is 0 Å². The zero-order chi connectivity index (χ0) is 17.3. The highest BCUT2D eigenvalue weighted by Gasteiger charge is 2.08. The van der Waals surface area contributed by atoms with E-state index in [0.29, 0.717) is 0 Å². The smallest absolute Gasteiger partial charge is 0.0594 e. The van der Waals surface area contributed by atoms with E-state index in [9.17, 15) is 0 Å². The van der Waals surface area contributed by atoms with Crippen LogP contribution in [-0.4, -0.2) is 37.7 Å². The van der Waals surface area contributed by atoms with Crippen molar-refractivity contribution < 1.29 is 4.74 Å². The molecule has 0 bridgehead atoms. The summed E-state index contributed by atoms with van der Waals surface area (Å²) in [5.74, 6) is 0.893. The zero-order valence-electron chi connectivity index (χ0n) is 16.9. The molecule has 1 saturated heterocycles. The summed E-state index contributed by atoms with van der Waals surface area (Å²) in [5, 5.41) is 0. The van der Waals surface area contributed by atoms with Gasteiger partial charge in [-0.1, -0.05) is 97.3 Å². The van der Waals surface area contributed by atoms with Crippen LogP contribution in [0.3, 0.4) is 0 Å². The predicted molar refractivity (Wildman–Crippen MR) is 107 cm³/mol. The van der Waals surface area contributed by atoms with E-state index < -0.39 is 0 Å². The number of morpholine rings is 1. The summed E-state index contributed by atoms with van der Waals surface area (Å²) < 4.78 is 5.39. The fourth-order valence-electron chi connectivity index (χ4n) is 3.66. The maximum atomic E-state index is 5.39. The molecule has 0 N–H and O–H groups in total. The largest absolute Gasteiger partial charge is 0.379 e. The molecule has 2 nitrogen and oxygen atoms in total. The molecule has 0 aliphatic carbocycles. The molecule has 1 heterocycles. The van der Waals surface area contributed by atoms with E-state index >= 15 is 0 Å². The van der Waals surface area contributed by atoms with Gasteiger partial charge in [-0.3, -0.25) is 4.90 Å². The molecule has 1 rings (SSSR count). The molecule has 0 spiro atoms. The topological polar surface area (TPSA) is 12.5 Å². The second kappa shape index (κ2) is 16.4. The van der Waals surface area contributed by atoms with E-state index in [1.165, 1.54) is 96.4 Å². The predicted octanol–water partition coefficient (Wildman–Crippen LogP) is 6.44. The van der Waals surface area contributed by atoms with Crippen molar-refractivity contribution in [2.24, 2.45) is 5.92 Å². The lowest BCUT2D eigenvalue weighted by atomic mass is 10.0. The van der Waals surface area contributed by atoms with Gasteiger partial charge in [-0.15, -0.1) is 0 Å². The van der Waals surface area contributed by atoms with Crippen LogP contribution < -0.4 is 0 Å². The van der Waals surface area contributed by atoms with E-state index in [4.69, 9.17) is 4.74 Å². The van der Waals surface area contributed by atoms with E-state index in [2.05, 4.69) is 18.7 Å². The first kappa shape index (κ1) is 22.0. The third-order valence-corrected chi connectivity index (χ3v) is 5.36. The Labute approximate surface area is 152 Å². The summed E-state index contributed by atoms with van der Waals surface area (Å²) in [7, 11) is 0. The van der Waals surface area contributed by atoms with E-state index in [0.717, 1.165) is 32.2 Å². The van der Waals surface area contributed by atoms with Crippen molar-refractivity contribution in [3.8, 4) is 0 Å². The van der Waals surface area contributed by atoms with Gasteiger partial charge in [-0.25, -0.2) is 0 Å². The second-order valence-corrected chi connectivity index (χ2v) is 8.23. The Bertz CT molecular complexity index is 248. The van der Waals surface area contributed by atoms with Crippen molar-refractivity contribution >= 4 is 0 Å². The Morgan fingerprint density at radius 2 is 1.04 bits per heavy atom. The van der Waals surface area contributed by atoms with Gasteiger partial charge in [0, 0.05) is 13.1 Å². The number of rotatable bonds is 16. The Morgan fingerprint density at radius 3 is 1.50 bits per heavy atom. The highest BCUT2D eigenvalue weighted by molar-refractivity contribution is 4.61. The molecule has 0 unspecified atom stereocenters. The monoisotopic (exact) mass is 339 g/mol. The lowest BCUT2D eigenvalue weighted by Gasteiger charge is -2.26. The van der Waals surface area contributed by atoms with Gasteiger partial charge in [-0.2, -0.15) is 0 Å². The van der Waals surface area contributed by atoms with Gasteiger partial charge in [0.1, 0.15) is 0 Å². The van der Waals surface area contributed by atoms with Crippen molar-refractivity contribution in [2.75, 3.05) is 32.8 Å². The number of ether oxygens (including phenoxy) is 1. The van der Waals surface area contributed by atoms with Crippen molar-refractivity contribution in [2.45, 2.75) is 104 Å². The fourth-order valence-corrected chi connectivity index (χ4v) is 3.66. The van der Waals surface area contributed by atoms with Gasteiger partial charge in [0.05, 0.1) is 13.2 Å². The van der Waals surface area contributed by atoms with E-state index in [-0.39, 0.29) is 0 Å². The normalized spacial score (nSPS) is 16.1. The van der Waals surface area contributed by atoms with Gasteiger partial charge in [0.25, 0.3) is 0 Å². The Balaban J connectivity index is 1.67. The van der Waals surface area contributed by atoms with Crippen LogP contribution in [-0.2, 0) is 4.74 Å². The van der Waals surface area contributed by atoms with Crippen LogP contribution in [0.25, 0.3) is 0 Å². The molecule has 1 aliphatic heterocycles. The van der Waals surface area contributed by atoms with Gasteiger partial charge in [-0.05, 0) is 18.9 Å². The molecule has 0 aromatic heterocycles. The molecule has 2 heteroatoms. The first-order valence-corrected chi connectivity index (χ1v) is 11.1. The quantitative estimate of drug-likeness (QED) is 0.300. The number of nitrogens with zero attached hydrogens (tertiary/aromatic N) is 1. The number of unbranched alkanes of at least 4 members (excludes halogenated alkanes) is 12. The number of hydrogen-bond donors (Lipinski definition) is 0. The lowest BCUT2D eigenvalue weighted by molar-refractivity contribution is 0.0371. The van der Waals surface area contributed by atoms with Gasteiger partial charge in [0.15, 0.2) is 0 Å². The lowest BCUT2D eigenvalue weighted by Crippen LogP contribution is -2.36. The minimum atomic E-state index is 0.893. The standard InChI is InChI=1S/C22H45NO/c1-22(2)16-14-12-10-8-6-4-3-5-7-9-11-13-15-17-23-18-20-24-21-19-23/h22H,3-21H2,1-2H3. The van der Waals surface area contributed by atoms with Crippen molar-refractivity contribution in [3.05, 3.63) is 0 Å². The van der Waals surface area contributed by atoms with Crippen LogP contribution in [0, 0.1) is 5.92 Å². The molecular formula is C22H45NO. The third-order valence-electron chi connectivity index (χ3n) is 5.36. The molecule has 0 aromatic carbocycles. The Hall–Kier alpha value is -0.0800. The summed E-state index contributed by atoms with van der Waals surface area (Å²) in [6, 6.07) is 0. The average Bonchev–Trinajstić information content (AvgIpc) is 2.59. The van der Waals surface area contributed by atoms with Gasteiger partial charge in [0.2, 0.25) is 0 Å². The first-order chi connectivity index (χ1) is 11.8. The minimum Gasteiger partial charge on any atom is -0.379 e. The Kier molecular flexibility index (Phi) is 15.0. The molecule has 0 saturated carbocycles. The third kappa shape index (κ3) is 14.3. The number of hydrogen-bond acceptors (Lipinski definition) is 2. The summed E-state index contributed by atoms with van der Waals surface area (Å²) in [6.07, 6.45) is 20.3. The molecule has 0 aromatic rings. The molecule has 1 fully saturated rings. The molecule has 144 valence electrons. The van der Waals surface area contributed by atoms with E-state index in [1.807, 2.05) is 0 Å². The Morgan fingerprint density at radius 1 is 0.625 bits per heavy atom. The zero-order valence-corrected chi connectivity index (χ0v) is 16.9. The highest BCUT2D eigenvalue weighted by Crippen LogP contribution is 2.14. The molecular weight excluding hydrogens is 294 g/mol. The summed E-state index contributed by atoms with van der Waals surface area (Å²) in [4.78, 5) is 2.56. The van der Waals surface area contributed by atoms with Crippen molar-refractivity contribution in [1.29, 1.82) is 0 Å². The highest BCUT2D eigenvalue weighted by atomic mass is 16.5. The first-order valence-electron chi connectivity index (χ1n) is 11.1. The average molecular weight is 340 g/mol. The SMILES string of the molecule is CC(C)CCCCCCCCCCCCCCCN1CCOCC1. The summed E-state index contributed by atoms with van der Waals surface area (Å²) in [5.41, 5.74) is 0. The fraction of sp³-hybridized carbons (Fsp3) is 1.00. The molecule has 0 amide bonds. The molecule has 0 radical (unpaired) electrons. The van der Waals surface area contributed by atoms with Crippen LogP contribution in [0.5, 0.6) is 0 Å². The molecule has 1 aliphatic rings. The summed E-state index contributed by atoms with van der Waals surface area (Å²) in [6.45, 7) is 10.2. The van der Waals surface area contributed by atoms with Gasteiger partial charge >= 0.3 is 0 Å². The summed E-state index contributed by atoms with van der Waals surface area (Å²) >= 11 is 0. The second-order valence-electron chi connectivity index (χ2n) is 8.23. The minimum absolute atomic E-state index is 0.893. The van der Waals surface area contributed by atoms with Gasteiger partial charge < -0.3 is 4.74 Å². The van der Waals surface area contributed by atoms with Crippen molar-refractivity contribution in [1.82, 2.24) is 4.90 Å².